The Bertz CT molecular complexity index is 1310. The molecule has 2 aromatic rings. The highest BCUT2D eigenvalue weighted by atomic mass is 32.2. The molecule has 13 heteroatoms. The van der Waals surface area contributed by atoms with Crippen LogP contribution in [-0.4, -0.2) is 63.8 Å². The molecule has 1 aromatic heterocycles. The number of H-pyrrole nitrogens is 1. The van der Waals surface area contributed by atoms with E-state index in [1.807, 2.05) is 20.8 Å². The molecule has 1 aromatic carbocycles. The number of halogens is 2. The summed E-state index contributed by atoms with van der Waals surface area (Å²) in [5.74, 6) is -2.47. The van der Waals surface area contributed by atoms with E-state index in [0.717, 1.165) is 31.7 Å². The fraction of sp³-hybridized carbons (Fsp3) is 0.483. The van der Waals surface area contributed by atoms with Crippen LogP contribution < -0.4 is 10.7 Å². The maximum Gasteiger partial charge on any atom is 0.292 e. The quantitative estimate of drug-likeness (QED) is 0.121. The van der Waals surface area contributed by atoms with Crippen molar-refractivity contribution in [2.24, 2.45) is 5.92 Å². The minimum Gasteiger partial charge on any atom is -0.503 e. The summed E-state index contributed by atoms with van der Waals surface area (Å²) in [7, 11) is 3.11. The van der Waals surface area contributed by atoms with Gasteiger partial charge >= 0.3 is 0 Å². The van der Waals surface area contributed by atoms with Crippen LogP contribution in [0.3, 0.4) is 0 Å². The number of methoxy groups -OCH3 is 1. The second-order valence-corrected chi connectivity index (χ2v) is 10.5. The monoisotopic (exact) mass is 609 g/mol. The number of aromatic amines is 1. The zero-order chi connectivity index (χ0) is 32.0. The predicted octanol–water partition coefficient (Wildman–Crippen LogP) is 5.04. The number of carbonyl (C=O) groups is 2. The molecule has 0 bridgehead atoms. The van der Waals surface area contributed by atoms with E-state index in [1.54, 1.807) is 11.9 Å². The summed E-state index contributed by atoms with van der Waals surface area (Å²) in [6.07, 6.45) is 4.46. The van der Waals surface area contributed by atoms with Crippen LogP contribution in [0.1, 0.15) is 75.0 Å². The van der Waals surface area contributed by atoms with Crippen molar-refractivity contribution in [1.82, 2.24) is 15.2 Å². The smallest absolute Gasteiger partial charge is 0.292 e. The van der Waals surface area contributed by atoms with E-state index in [1.165, 1.54) is 19.4 Å². The molecule has 1 heterocycles. The first-order valence-electron chi connectivity index (χ1n) is 13.6. The average Bonchev–Trinajstić information content (AvgIpc) is 2.97. The standard InChI is InChI=1S/C25H31F2N5O3S.C2H4O2.C2H6/c1-4-32(25(30-3)9-5-6-14(2)12-25)24(35)20-22(34)21(33)17(13-31-20)23(29)36-19(28)10-15-7-8-16(26)11-18(15)27;1-4-2-3;1-2/h7-8,11,13-14,28-30,34H,4-6,9-10,12H2,1-3H3,(H,31,33);2H,1H3;1-2H3/t14-,25?;;/m0../s1. The normalized spacial score (nSPS) is 17.5. The van der Waals surface area contributed by atoms with Crippen LogP contribution in [-0.2, 0) is 16.0 Å². The van der Waals surface area contributed by atoms with Crippen molar-refractivity contribution in [3.05, 3.63) is 63.1 Å². The molecule has 0 radical (unpaired) electrons. The van der Waals surface area contributed by atoms with Crippen LogP contribution in [0, 0.1) is 28.4 Å². The largest absolute Gasteiger partial charge is 0.503 e. The Kier molecular flexibility index (Phi) is 15.1. The molecule has 1 unspecified atom stereocenters. The summed E-state index contributed by atoms with van der Waals surface area (Å²) in [6.45, 7) is 8.70. The van der Waals surface area contributed by atoms with E-state index in [-0.39, 0.29) is 33.3 Å². The van der Waals surface area contributed by atoms with Gasteiger partial charge in [0.1, 0.15) is 16.7 Å². The number of nitrogens with one attached hydrogen (secondary N) is 4. The van der Waals surface area contributed by atoms with Crippen LogP contribution in [0.5, 0.6) is 5.75 Å². The molecule has 1 amide bonds. The molecule has 42 heavy (non-hydrogen) atoms. The Balaban J connectivity index is 0.00000135. The van der Waals surface area contributed by atoms with Crippen molar-refractivity contribution < 1.29 is 28.2 Å². The summed E-state index contributed by atoms with van der Waals surface area (Å²) < 4.78 is 30.8. The molecule has 1 fully saturated rings. The third-order valence-corrected chi connectivity index (χ3v) is 7.54. The van der Waals surface area contributed by atoms with Crippen molar-refractivity contribution in [1.29, 1.82) is 10.8 Å². The van der Waals surface area contributed by atoms with Gasteiger partial charge in [-0.15, -0.1) is 0 Å². The SMILES string of the molecule is CC.CCN(C(=O)c1[nH]cc(C(=N)SC(=N)Cc2ccc(F)cc2F)c(=O)c1O)C1(NC)CCC[C@H](C)C1.COC=O. The van der Waals surface area contributed by atoms with Gasteiger partial charge in [-0.3, -0.25) is 30.5 Å². The molecule has 5 N–H and O–H groups in total. The summed E-state index contributed by atoms with van der Waals surface area (Å²) in [5.41, 5.74) is -1.93. The van der Waals surface area contributed by atoms with E-state index in [9.17, 15) is 23.5 Å². The van der Waals surface area contributed by atoms with Gasteiger partial charge in [0.15, 0.2) is 11.4 Å². The van der Waals surface area contributed by atoms with Crippen molar-refractivity contribution in [2.45, 2.75) is 65.5 Å². The van der Waals surface area contributed by atoms with Crippen LogP contribution in [0.25, 0.3) is 0 Å². The molecule has 3 rings (SSSR count). The zero-order valence-corrected chi connectivity index (χ0v) is 25.7. The lowest BCUT2D eigenvalue weighted by Gasteiger charge is -2.47. The number of nitrogens with zero attached hydrogens (tertiary/aromatic N) is 1. The Morgan fingerprint density at radius 2 is 1.98 bits per heavy atom. The number of rotatable bonds is 8. The van der Waals surface area contributed by atoms with Gasteiger partial charge in [-0.05, 0) is 50.8 Å². The molecule has 0 spiro atoms. The fourth-order valence-corrected chi connectivity index (χ4v) is 5.55. The molecule has 0 saturated heterocycles. The van der Waals surface area contributed by atoms with Gasteiger partial charge in [-0.1, -0.05) is 45.0 Å². The van der Waals surface area contributed by atoms with E-state index in [2.05, 4.69) is 22.0 Å². The lowest BCUT2D eigenvalue weighted by molar-refractivity contribution is -0.126. The number of benzene rings is 1. The minimum absolute atomic E-state index is 0.0783. The summed E-state index contributed by atoms with van der Waals surface area (Å²) >= 11 is 0.604. The maximum atomic E-state index is 13.9. The van der Waals surface area contributed by atoms with Crippen LogP contribution in [0.2, 0.25) is 0 Å². The van der Waals surface area contributed by atoms with Crippen molar-refractivity contribution in [3.8, 4) is 5.75 Å². The van der Waals surface area contributed by atoms with Gasteiger partial charge in [0.05, 0.1) is 23.4 Å². The third-order valence-electron chi connectivity index (χ3n) is 6.72. The molecule has 10 nitrogen and oxygen atoms in total. The molecule has 2 atom stereocenters. The highest BCUT2D eigenvalue weighted by Crippen LogP contribution is 2.36. The van der Waals surface area contributed by atoms with Crippen LogP contribution in [0.4, 0.5) is 8.78 Å². The fourth-order valence-electron chi connectivity index (χ4n) is 4.81. The summed E-state index contributed by atoms with van der Waals surface area (Å²) in [5, 5.41) is 29.7. The van der Waals surface area contributed by atoms with E-state index < -0.39 is 34.4 Å². The molecule has 1 aliphatic rings. The number of amides is 1. The average molecular weight is 610 g/mol. The summed E-state index contributed by atoms with van der Waals surface area (Å²) in [4.78, 5) is 39.6. The first-order chi connectivity index (χ1) is 19.9. The highest BCUT2D eigenvalue weighted by Gasteiger charge is 2.42. The van der Waals surface area contributed by atoms with Gasteiger partial charge in [0, 0.05) is 25.2 Å². The topological polar surface area (TPSA) is 159 Å². The molecular weight excluding hydrogens is 568 g/mol. The van der Waals surface area contributed by atoms with Crippen molar-refractivity contribution >= 4 is 34.2 Å². The number of ether oxygens (including phenoxy) is 1. The van der Waals surface area contributed by atoms with E-state index >= 15 is 0 Å². The molecule has 1 aliphatic carbocycles. The highest BCUT2D eigenvalue weighted by molar-refractivity contribution is 8.26. The van der Waals surface area contributed by atoms with Crippen LogP contribution in [0.15, 0.2) is 29.2 Å². The van der Waals surface area contributed by atoms with Gasteiger partial charge in [-0.25, -0.2) is 8.78 Å². The number of aromatic nitrogens is 1. The Morgan fingerprint density at radius 1 is 1.33 bits per heavy atom. The Morgan fingerprint density at radius 3 is 2.50 bits per heavy atom. The zero-order valence-electron chi connectivity index (χ0n) is 24.9. The first kappa shape index (κ1) is 36.4. The van der Waals surface area contributed by atoms with E-state index in [4.69, 9.17) is 15.6 Å². The van der Waals surface area contributed by atoms with Crippen molar-refractivity contribution in [3.63, 3.8) is 0 Å². The predicted molar refractivity (Wildman–Crippen MR) is 161 cm³/mol. The van der Waals surface area contributed by atoms with Gasteiger partial charge < -0.3 is 19.7 Å². The minimum atomic E-state index is -0.915. The third kappa shape index (κ3) is 9.21. The van der Waals surface area contributed by atoms with Crippen molar-refractivity contribution in [2.75, 3.05) is 20.7 Å². The molecular formula is C29H41F2N5O5S. The Hall–Kier alpha value is -3.58. The van der Waals surface area contributed by atoms with Gasteiger partial charge in [-0.2, -0.15) is 0 Å². The lowest BCUT2D eigenvalue weighted by Crippen LogP contribution is -2.61. The second kappa shape index (κ2) is 17.4. The number of carbonyl (C=O) groups excluding carboxylic acids is 2. The number of pyridine rings is 1. The van der Waals surface area contributed by atoms with Gasteiger partial charge in [0.2, 0.25) is 5.43 Å². The first-order valence-corrected chi connectivity index (χ1v) is 14.5. The maximum absolute atomic E-state index is 13.9. The molecule has 232 valence electrons. The number of hydrogen-bond donors (Lipinski definition) is 5. The van der Waals surface area contributed by atoms with E-state index in [0.29, 0.717) is 36.8 Å². The number of thioether (sulfide) groups is 1. The van der Waals surface area contributed by atoms with Gasteiger partial charge in [0.25, 0.3) is 12.4 Å². The second-order valence-electron chi connectivity index (χ2n) is 9.39. The summed E-state index contributed by atoms with van der Waals surface area (Å²) in [6, 6.07) is 3.00. The Labute approximate surface area is 249 Å². The molecule has 0 aliphatic heterocycles. The molecule has 1 saturated carbocycles. The number of hydrogen-bond acceptors (Lipinski definition) is 9. The number of aromatic hydroxyl groups is 1. The lowest BCUT2D eigenvalue weighted by atomic mass is 9.80. The van der Waals surface area contributed by atoms with Crippen LogP contribution >= 0.6 is 11.8 Å².